The molecule has 1 rings (SSSR count). The number of nitrogens with two attached hydrogens (primary N) is 1. The summed E-state index contributed by atoms with van der Waals surface area (Å²) < 4.78 is 0. The summed E-state index contributed by atoms with van der Waals surface area (Å²) in [5, 5.41) is 2.94. The minimum atomic E-state index is -0.118. The molecule has 0 spiro atoms. The van der Waals surface area contributed by atoms with Gasteiger partial charge in [0, 0.05) is 6.54 Å². The number of nitrogens with one attached hydrogen (secondary N) is 1. The maximum absolute atomic E-state index is 12.0. The highest BCUT2D eigenvalue weighted by molar-refractivity contribution is 5.83. The van der Waals surface area contributed by atoms with Crippen LogP contribution in [0, 0.1) is 6.92 Å². The average Bonchev–Trinajstić information content (AvgIpc) is 2.34. The van der Waals surface area contributed by atoms with Crippen LogP contribution in [-0.2, 0) is 4.79 Å². The van der Waals surface area contributed by atoms with E-state index in [-0.39, 0.29) is 11.8 Å². The molecule has 0 aliphatic rings. The summed E-state index contributed by atoms with van der Waals surface area (Å²) in [5.41, 5.74) is 7.84. The Morgan fingerprint density at radius 3 is 2.53 bits per heavy atom. The molecular weight excluding hydrogens is 212 g/mol. The molecule has 1 atom stereocenters. The molecule has 0 bridgehead atoms. The molecule has 1 unspecified atom stereocenters. The van der Waals surface area contributed by atoms with Gasteiger partial charge in [0.05, 0.1) is 5.92 Å². The molecule has 1 aromatic carbocycles. The summed E-state index contributed by atoms with van der Waals surface area (Å²) in [5.74, 6) is -0.0340. The van der Waals surface area contributed by atoms with Crippen molar-refractivity contribution in [1.29, 1.82) is 0 Å². The van der Waals surface area contributed by atoms with Crippen LogP contribution in [-0.4, -0.2) is 19.0 Å². The Morgan fingerprint density at radius 1 is 1.35 bits per heavy atom. The number of rotatable bonds is 6. The van der Waals surface area contributed by atoms with E-state index < -0.39 is 0 Å². The minimum absolute atomic E-state index is 0.0844. The Morgan fingerprint density at radius 2 is 2.00 bits per heavy atom. The molecule has 1 aromatic rings. The number of hydrogen-bond donors (Lipinski definition) is 2. The molecule has 0 radical (unpaired) electrons. The van der Waals surface area contributed by atoms with Gasteiger partial charge in [0.25, 0.3) is 0 Å². The van der Waals surface area contributed by atoms with Gasteiger partial charge in [-0.15, -0.1) is 0 Å². The fourth-order valence-corrected chi connectivity index (χ4v) is 1.79. The highest BCUT2D eigenvalue weighted by Gasteiger charge is 2.18. The van der Waals surface area contributed by atoms with Crippen molar-refractivity contribution in [3.8, 4) is 0 Å². The second-order valence-electron chi connectivity index (χ2n) is 4.33. The predicted octanol–water partition coefficient (Wildman–Crippen LogP) is 1.95. The van der Waals surface area contributed by atoms with E-state index in [0.29, 0.717) is 13.0 Å². The van der Waals surface area contributed by atoms with Crippen molar-refractivity contribution in [3.63, 3.8) is 0 Å². The van der Waals surface area contributed by atoms with Gasteiger partial charge in [0.1, 0.15) is 0 Å². The molecular formula is C14H22N2O. The molecule has 3 N–H and O–H groups in total. The maximum Gasteiger partial charge on any atom is 0.227 e. The van der Waals surface area contributed by atoms with Crippen molar-refractivity contribution < 1.29 is 4.79 Å². The van der Waals surface area contributed by atoms with E-state index >= 15 is 0 Å². The number of hydrogen-bond acceptors (Lipinski definition) is 2. The fourth-order valence-electron chi connectivity index (χ4n) is 1.79. The van der Waals surface area contributed by atoms with Crippen LogP contribution in [0.1, 0.15) is 36.8 Å². The van der Waals surface area contributed by atoms with Crippen LogP contribution in [0.4, 0.5) is 0 Å². The summed E-state index contributed by atoms with van der Waals surface area (Å²) in [6, 6.07) is 8.10. The first-order valence-electron chi connectivity index (χ1n) is 6.23. The minimum Gasteiger partial charge on any atom is -0.356 e. The topological polar surface area (TPSA) is 55.1 Å². The van der Waals surface area contributed by atoms with E-state index in [4.69, 9.17) is 5.73 Å². The van der Waals surface area contributed by atoms with Gasteiger partial charge in [-0.25, -0.2) is 0 Å². The van der Waals surface area contributed by atoms with Crippen LogP contribution >= 0.6 is 0 Å². The van der Waals surface area contributed by atoms with Gasteiger partial charge in [0.2, 0.25) is 5.91 Å². The van der Waals surface area contributed by atoms with Crippen LogP contribution in [0.2, 0.25) is 0 Å². The monoisotopic (exact) mass is 234 g/mol. The largest absolute Gasteiger partial charge is 0.356 e. The van der Waals surface area contributed by atoms with Crippen LogP contribution in [0.25, 0.3) is 0 Å². The van der Waals surface area contributed by atoms with Gasteiger partial charge in [-0.05, 0) is 31.9 Å². The third-order valence-corrected chi connectivity index (χ3v) is 2.80. The predicted molar refractivity (Wildman–Crippen MR) is 70.9 cm³/mol. The number of carbonyl (C=O) groups excluding carboxylic acids is 1. The van der Waals surface area contributed by atoms with Crippen molar-refractivity contribution in [2.24, 2.45) is 5.73 Å². The number of carbonyl (C=O) groups is 1. The van der Waals surface area contributed by atoms with Crippen LogP contribution in [0.3, 0.4) is 0 Å². The molecule has 0 fully saturated rings. The van der Waals surface area contributed by atoms with Crippen molar-refractivity contribution in [2.45, 2.75) is 32.6 Å². The molecule has 17 heavy (non-hydrogen) atoms. The van der Waals surface area contributed by atoms with E-state index in [2.05, 4.69) is 5.32 Å². The summed E-state index contributed by atoms with van der Waals surface area (Å²) in [4.78, 5) is 12.0. The number of aryl methyl sites for hydroxylation is 1. The molecule has 0 aliphatic heterocycles. The first-order chi connectivity index (χ1) is 8.19. The number of amides is 1. The highest BCUT2D eigenvalue weighted by Crippen LogP contribution is 2.19. The van der Waals surface area contributed by atoms with Crippen molar-refractivity contribution in [1.82, 2.24) is 5.32 Å². The van der Waals surface area contributed by atoms with Gasteiger partial charge in [-0.2, -0.15) is 0 Å². The first kappa shape index (κ1) is 13.7. The lowest BCUT2D eigenvalue weighted by Crippen LogP contribution is -2.31. The molecule has 0 aliphatic carbocycles. The second kappa shape index (κ2) is 7.07. The lowest BCUT2D eigenvalue weighted by Gasteiger charge is -2.16. The van der Waals surface area contributed by atoms with Gasteiger partial charge >= 0.3 is 0 Å². The second-order valence-corrected chi connectivity index (χ2v) is 4.33. The molecule has 0 saturated heterocycles. The van der Waals surface area contributed by atoms with E-state index in [1.54, 1.807) is 0 Å². The van der Waals surface area contributed by atoms with E-state index in [0.717, 1.165) is 18.5 Å². The Bertz CT molecular complexity index is 346. The molecule has 3 heteroatoms. The van der Waals surface area contributed by atoms with Crippen LogP contribution in [0.15, 0.2) is 24.3 Å². The summed E-state index contributed by atoms with van der Waals surface area (Å²) in [7, 11) is 0. The first-order valence-corrected chi connectivity index (χ1v) is 6.23. The third-order valence-electron chi connectivity index (χ3n) is 2.80. The van der Waals surface area contributed by atoms with Crippen molar-refractivity contribution >= 4 is 5.91 Å². The smallest absolute Gasteiger partial charge is 0.227 e. The SMILES string of the molecule is CCCNC(=O)C(CCN)c1ccc(C)cc1. The van der Waals surface area contributed by atoms with Crippen molar-refractivity contribution in [3.05, 3.63) is 35.4 Å². The van der Waals surface area contributed by atoms with Crippen molar-refractivity contribution in [2.75, 3.05) is 13.1 Å². The Hall–Kier alpha value is -1.35. The lowest BCUT2D eigenvalue weighted by molar-refractivity contribution is -0.122. The lowest BCUT2D eigenvalue weighted by atomic mass is 9.94. The summed E-state index contributed by atoms with van der Waals surface area (Å²) >= 11 is 0. The third kappa shape index (κ3) is 4.19. The zero-order chi connectivity index (χ0) is 12.7. The average molecular weight is 234 g/mol. The van der Waals surface area contributed by atoms with Gasteiger partial charge < -0.3 is 11.1 Å². The van der Waals surface area contributed by atoms with Gasteiger partial charge in [0.15, 0.2) is 0 Å². The standard InChI is InChI=1S/C14H22N2O/c1-3-10-16-14(17)13(8-9-15)12-6-4-11(2)5-7-12/h4-7,13H,3,8-10,15H2,1-2H3,(H,16,17). The normalized spacial score (nSPS) is 12.2. The Balaban J connectivity index is 2.77. The summed E-state index contributed by atoms with van der Waals surface area (Å²) in [6.45, 7) is 5.34. The zero-order valence-electron chi connectivity index (χ0n) is 10.7. The molecule has 1 amide bonds. The molecule has 0 saturated carbocycles. The zero-order valence-corrected chi connectivity index (χ0v) is 10.7. The molecule has 94 valence electrons. The number of benzene rings is 1. The van der Waals surface area contributed by atoms with E-state index in [1.165, 1.54) is 5.56 Å². The molecule has 3 nitrogen and oxygen atoms in total. The Kier molecular flexibility index (Phi) is 5.70. The maximum atomic E-state index is 12.0. The van der Waals surface area contributed by atoms with E-state index in [9.17, 15) is 4.79 Å². The van der Waals surface area contributed by atoms with E-state index in [1.807, 2.05) is 38.1 Å². The van der Waals surface area contributed by atoms with Gasteiger partial charge in [-0.3, -0.25) is 4.79 Å². The van der Waals surface area contributed by atoms with Crippen LogP contribution < -0.4 is 11.1 Å². The fraction of sp³-hybridized carbons (Fsp3) is 0.500. The molecule has 0 heterocycles. The highest BCUT2D eigenvalue weighted by atomic mass is 16.1. The van der Waals surface area contributed by atoms with Gasteiger partial charge in [-0.1, -0.05) is 36.8 Å². The quantitative estimate of drug-likeness (QED) is 0.790. The molecule has 0 aromatic heterocycles. The Labute approximate surface area is 103 Å². The van der Waals surface area contributed by atoms with Crippen LogP contribution in [0.5, 0.6) is 0 Å². The summed E-state index contributed by atoms with van der Waals surface area (Å²) in [6.07, 6.45) is 1.65.